The summed E-state index contributed by atoms with van der Waals surface area (Å²) in [5, 5.41) is 46.4. The lowest BCUT2D eigenvalue weighted by Gasteiger charge is -2.52. The minimum atomic E-state index is -0.825. The number of aliphatic hydroxyl groups is 1. The number of piperazine rings is 1. The molecule has 5 aliphatic heterocycles. The smallest absolute Gasteiger partial charge is 0.243 e. The Balaban J connectivity index is 0.604. The minimum absolute atomic E-state index is 0.0646. The van der Waals surface area contributed by atoms with Gasteiger partial charge in [0.15, 0.2) is 17.4 Å². The number of nitriles is 1. The number of ether oxygens (including phenoxy) is 2. The Morgan fingerprint density at radius 3 is 2.32 bits per heavy atom. The summed E-state index contributed by atoms with van der Waals surface area (Å²) in [5.74, 6) is 1.59. The topological polar surface area (TPSA) is 236 Å². The first kappa shape index (κ1) is 53.0. The van der Waals surface area contributed by atoms with Gasteiger partial charge in [-0.25, -0.2) is 4.98 Å². The number of hydrogen-bond donors (Lipinski definition) is 4. The van der Waals surface area contributed by atoms with Crippen LogP contribution in [0, 0.1) is 23.2 Å². The predicted octanol–water partition coefficient (Wildman–Crippen LogP) is 6.82. The molecule has 2 amide bonds. The first-order valence-corrected chi connectivity index (χ1v) is 28.3. The zero-order chi connectivity index (χ0) is 54.0. The number of carbonyl (C=O) groups is 2. The Kier molecular flexibility index (Phi) is 15.7. The van der Waals surface area contributed by atoms with Crippen molar-refractivity contribution in [2.45, 2.75) is 139 Å². The van der Waals surface area contributed by atoms with Gasteiger partial charge in [-0.05, 0) is 106 Å². The van der Waals surface area contributed by atoms with Crippen LogP contribution in [-0.4, -0.2) is 147 Å². The molecule has 2 aromatic carbocycles. The zero-order valence-corrected chi connectivity index (χ0v) is 45.1. The van der Waals surface area contributed by atoms with Crippen LogP contribution in [0.4, 0.5) is 23.0 Å². The number of fused-ring (bicyclic) bond motifs is 2. The van der Waals surface area contributed by atoms with Crippen LogP contribution in [0.1, 0.15) is 114 Å². The third-order valence-corrected chi connectivity index (χ3v) is 17.3. The third-order valence-electron chi connectivity index (χ3n) is 17.3. The molecule has 1 aliphatic carbocycles. The summed E-state index contributed by atoms with van der Waals surface area (Å²) in [5.41, 5.74) is 11.0. The van der Waals surface area contributed by atoms with Gasteiger partial charge >= 0.3 is 0 Å². The monoisotopic (exact) mass is 1060 g/mol. The number of nitrogens with one attached hydrogen (secondary N) is 1. The number of para-hydroxylation sites is 1. The summed E-state index contributed by atoms with van der Waals surface area (Å²) >= 11 is 0. The number of aliphatic hydroxyl groups excluding tert-OH is 1. The quantitative estimate of drug-likeness (QED) is 0.0793. The highest BCUT2D eigenvalue weighted by atomic mass is 16.5. The fourth-order valence-corrected chi connectivity index (χ4v) is 13.0. The molecule has 11 rings (SSSR count). The fraction of sp³-hybridized carbons (Fsp3) is 0.542. The van der Waals surface area contributed by atoms with Gasteiger partial charge in [-0.3, -0.25) is 9.59 Å². The molecule has 5 saturated heterocycles. The van der Waals surface area contributed by atoms with E-state index < -0.39 is 18.1 Å². The second kappa shape index (κ2) is 23.1. The lowest BCUT2D eigenvalue weighted by molar-refractivity contribution is -0.141. The summed E-state index contributed by atoms with van der Waals surface area (Å²) in [6.07, 6.45) is 10.9. The maximum atomic E-state index is 14.3. The number of nitrogens with zero attached hydrogens (tertiary/aromatic N) is 10. The molecule has 6 atom stereocenters. The van der Waals surface area contributed by atoms with Gasteiger partial charge in [-0.15, -0.1) is 10.2 Å². The van der Waals surface area contributed by atoms with E-state index >= 15 is 0 Å². The molecular formula is C59H74N12O7. The summed E-state index contributed by atoms with van der Waals surface area (Å²) in [6, 6.07) is 23.8. The van der Waals surface area contributed by atoms with E-state index in [1.54, 1.807) is 24.3 Å². The molecular weight excluding hydrogens is 989 g/mol. The molecule has 0 spiro atoms. The van der Waals surface area contributed by atoms with Gasteiger partial charge < -0.3 is 59.8 Å². The number of carbonyl (C=O) groups excluding carboxylic acids is 2. The van der Waals surface area contributed by atoms with Gasteiger partial charge in [0, 0.05) is 113 Å². The summed E-state index contributed by atoms with van der Waals surface area (Å²) in [4.78, 5) is 43.8. The van der Waals surface area contributed by atoms with Gasteiger partial charge in [0.25, 0.3) is 0 Å². The normalized spacial score (nSPS) is 24.9. The molecule has 1 saturated carbocycles. The number of piperidine rings is 3. The Hall–Kier alpha value is -7.01. The summed E-state index contributed by atoms with van der Waals surface area (Å²) in [7, 11) is 0. The molecule has 5 N–H and O–H groups in total. The average Bonchev–Trinajstić information content (AvgIpc) is 4.08. The van der Waals surface area contributed by atoms with E-state index in [2.05, 4.69) is 63.5 Å². The number of nitrogen functional groups attached to an aromatic ring is 1. The first-order chi connectivity index (χ1) is 37.8. The SMILES string of the molecule is CC(C)[C@@H](C(=O)N1C[C@H](O)C[C@H]1C(=O)N[C@@H](C)c1ccc(C#N)cc1)c1cc(N2CCC(CN3CCC(OC4CC(Oc5cc(N6C7CCCC6CN(c6cc(-c8ccccc8O)nnc6N)C7)ccn5)C4)CC3)CC2)no1. The molecule has 412 valence electrons. The predicted molar refractivity (Wildman–Crippen MR) is 295 cm³/mol. The van der Waals surface area contributed by atoms with Crippen molar-refractivity contribution in [2.75, 3.05) is 72.8 Å². The van der Waals surface area contributed by atoms with Crippen molar-refractivity contribution in [1.82, 2.24) is 35.5 Å². The highest BCUT2D eigenvalue weighted by Crippen LogP contribution is 2.40. The van der Waals surface area contributed by atoms with E-state index in [9.17, 15) is 25.1 Å². The van der Waals surface area contributed by atoms with Gasteiger partial charge in [0.1, 0.15) is 23.8 Å². The van der Waals surface area contributed by atoms with Crippen LogP contribution in [-0.2, 0) is 14.3 Å². The highest BCUT2D eigenvalue weighted by Gasteiger charge is 2.44. The number of aromatic hydroxyl groups is 1. The van der Waals surface area contributed by atoms with Crippen molar-refractivity contribution in [3.8, 4) is 29.0 Å². The Labute approximate surface area is 456 Å². The highest BCUT2D eigenvalue weighted by molar-refractivity contribution is 5.91. The van der Waals surface area contributed by atoms with Gasteiger partial charge in [-0.1, -0.05) is 43.3 Å². The van der Waals surface area contributed by atoms with E-state index in [0.29, 0.717) is 40.2 Å². The Morgan fingerprint density at radius 1 is 0.859 bits per heavy atom. The van der Waals surface area contributed by atoms with E-state index in [4.69, 9.17) is 19.7 Å². The van der Waals surface area contributed by atoms with Crippen molar-refractivity contribution >= 4 is 34.8 Å². The van der Waals surface area contributed by atoms with Crippen LogP contribution in [0.3, 0.4) is 0 Å². The summed E-state index contributed by atoms with van der Waals surface area (Å²) in [6.45, 7) is 12.3. The number of aromatic nitrogens is 4. The third kappa shape index (κ3) is 11.6. The van der Waals surface area contributed by atoms with E-state index in [-0.39, 0.29) is 72.9 Å². The second-order valence-electron chi connectivity index (χ2n) is 23.0. The van der Waals surface area contributed by atoms with Crippen molar-refractivity contribution in [3.05, 3.63) is 95.9 Å². The summed E-state index contributed by atoms with van der Waals surface area (Å²) < 4.78 is 19.0. The number of phenols is 1. The van der Waals surface area contributed by atoms with E-state index in [0.717, 1.165) is 120 Å². The maximum absolute atomic E-state index is 14.3. The maximum Gasteiger partial charge on any atom is 0.243 e. The number of anilines is 4. The van der Waals surface area contributed by atoms with Gasteiger partial charge in [-0.2, -0.15) is 5.26 Å². The van der Waals surface area contributed by atoms with Crippen molar-refractivity contribution in [3.63, 3.8) is 0 Å². The fourth-order valence-electron chi connectivity index (χ4n) is 13.0. The van der Waals surface area contributed by atoms with Crippen molar-refractivity contribution in [1.29, 1.82) is 5.26 Å². The number of pyridine rings is 1. The molecule has 0 radical (unpaired) electrons. The van der Waals surface area contributed by atoms with Crippen LogP contribution >= 0.6 is 0 Å². The van der Waals surface area contributed by atoms with Crippen molar-refractivity contribution < 1.29 is 33.8 Å². The molecule has 19 nitrogen and oxygen atoms in total. The number of β-amino-alcohol motifs (C(OH)–C–C–N with tert-alkyl or cyclic N) is 1. The standard InChI is InChI=1S/C59H74N12O7/c1-36(2)56(59(75)70-35-44(72)26-51(70)58(74)63-37(3)40-13-11-38(31-60)12-14-40)53-30-54(66-78-53)68-23-16-39(17-24-68)32-67-21-18-45(19-22-67)76-46-27-47(28-46)77-55-25-41(15-20-62-55)71-42-7-6-8-43(71)34-69(33-42)50-29-49(64-65-57(50)61)48-9-4-5-10-52(48)73/h4-5,9-15,20,25,29-30,36-37,39,42-47,51,56,72-73H,6-8,16-19,21-24,26-28,32-35H2,1-3H3,(H2,61,65)(H,63,74)/t37-,42?,43?,44+,46?,47?,51-,56+/m0/s1. The number of amides is 2. The van der Waals surface area contributed by atoms with E-state index in [1.165, 1.54) is 11.3 Å². The Morgan fingerprint density at radius 2 is 1.60 bits per heavy atom. The van der Waals surface area contributed by atoms with Crippen LogP contribution in [0.15, 0.2) is 83.5 Å². The molecule has 2 bridgehead atoms. The molecule has 8 heterocycles. The number of benzene rings is 2. The molecule has 78 heavy (non-hydrogen) atoms. The largest absolute Gasteiger partial charge is 0.507 e. The van der Waals surface area contributed by atoms with Crippen LogP contribution in [0.25, 0.3) is 11.3 Å². The Bertz CT molecular complexity index is 2910. The van der Waals surface area contributed by atoms with Crippen LogP contribution in [0.5, 0.6) is 11.6 Å². The molecule has 5 aromatic rings. The molecule has 19 heteroatoms. The number of phenolic OH excluding ortho intramolecular Hbond substituents is 1. The minimum Gasteiger partial charge on any atom is -0.507 e. The second-order valence-corrected chi connectivity index (χ2v) is 23.0. The number of rotatable bonds is 16. The molecule has 2 unspecified atom stereocenters. The van der Waals surface area contributed by atoms with E-state index in [1.807, 2.05) is 63.4 Å². The molecule has 3 aromatic heterocycles. The zero-order valence-electron chi connectivity index (χ0n) is 45.1. The number of hydrogen-bond acceptors (Lipinski definition) is 17. The van der Waals surface area contributed by atoms with Crippen LogP contribution < -0.4 is 30.5 Å². The van der Waals surface area contributed by atoms with Crippen LogP contribution in [0.2, 0.25) is 0 Å². The number of likely N-dealkylation sites (tertiary alicyclic amines) is 2. The van der Waals surface area contributed by atoms with Gasteiger partial charge in [0.2, 0.25) is 17.7 Å². The lowest BCUT2D eigenvalue weighted by Crippen LogP contribution is -2.61. The first-order valence-electron chi connectivity index (χ1n) is 28.3. The number of nitrogens with two attached hydrogens (primary N) is 1. The average molecular weight is 1060 g/mol. The van der Waals surface area contributed by atoms with Gasteiger partial charge in [0.05, 0.1) is 47.4 Å². The molecule has 6 aliphatic rings. The van der Waals surface area contributed by atoms with Crippen molar-refractivity contribution in [2.24, 2.45) is 11.8 Å². The lowest BCUT2D eigenvalue weighted by atomic mass is 9.90. The molecule has 6 fully saturated rings.